The highest BCUT2D eigenvalue weighted by Gasteiger charge is 2.36. The Kier molecular flexibility index (Phi) is 6.06. The third kappa shape index (κ3) is 4.68. The van der Waals surface area contributed by atoms with Crippen LogP contribution in [0.1, 0.15) is 44.0 Å². The van der Waals surface area contributed by atoms with Gasteiger partial charge in [0, 0.05) is 18.7 Å². The van der Waals surface area contributed by atoms with Crippen LogP contribution in [0.15, 0.2) is 29.2 Å². The second-order valence-corrected chi connectivity index (χ2v) is 11.2. The number of ketones is 1. The maximum absolute atomic E-state index is 12.8. The van der Waals surface area contributed by atoms with Gasteiger partial charge >= 0.3 is 0 Å². The number of Topliss-reactive ketones (excluding diaryl/α,β-unsaturated/α-hetero) is 1. The third-order valence-corrected chi connectivity index (χ3v) is 8.72. The van der Waals surface area contributed by atoms with E-state index in [9.17, 15) is 21.6 Å². The van der Waals surface area contributed by atoms with Crippen molar-refractivity contribution >= 4 is 25.6 Å². The summed E-state index contributed by atoms with van der Waals surface area (Å²) >= 11 is 0. The Morgan fingerprint density at radius 3 is 2.28 bits per heavy atom. The lowest BCUT2D eigenvalue weighted by atomic mass is 10.2. The molecule has 1 fully saturated rings. The summed E-state index contributed by atoms with van der Waals surface area (Å²) in [4.78, 5) is 11.4. The van der Waals surface area contributed by atoms with Gasteiger partial charge in [-0.15, -0.1) is 0 Å². The number of sulfone groups is 1. The van der Waals surface area contributed by atoms with Gasteiger partial charge in [-0.2, -0.15) is 4.31 Å². The number of carbonyl (C=O) groups excluding carboxylic acids is 1. The van der Waals surface area contributed by atoms with Crippen LogP contribution in [0.3, 0.4) is 0 Å². The van der Waals surface area contributed by atoms with Crippen LogP contribution in [0.4, 0.5) is 0 Å². The lowest BCUT2D eigenvalue weighted by Gasteiger charge is -2.32. The highest BCUT2D eigenvalue weighted by molar-refractivity contribution is 7.92. The quantitative estimate of drug-likeness (QED) is 0.698. The molecule has 1 atom stereocenters. The van der Waals surface area contributed by atoms with Gasteiger partial charge in [-0.25, -0.2) is 16.8 Å². The molecule has 1 aliphatic heterocycles. The van der Waals surface area contributed by atoms with Crippen LogP contribution in [0.25, 0.3) is 0 Å². The van der Waals surface area contributed by atoms with E-state index in [0.29, 0.717) is 24.9 Å². The molecule has 140 valence electrons. The molecule has 6 nitrogen and oxygen atoms in total. The summed E-state index contributed by atoms with van der Waals surface area (Å²) in [7, 11) is -7.10. The zero-order valence-electron chi connectivity index (χ0n) is 14.8. The fraction of sp³-hybridized carbons (Fsp3) is 0.588. The van der Waals surface area contributed by atoms with E-state index in [1.165, 1.54) is 35.5 Å². The Hall–Kier alpha value is -1.25. The van der Waals surface area contributed by atoms with Gasteiger partial charge in [0.15, 0.2) is 15.6 Å². The number of hydrogen-bond donors (Lipinski definition) is 0. The van der Waals surface area contributed by atoms with Crippen molar-refractivity contribution in [3.8, 4) is 0 Å². The van der Waals surface area contributed by atoms with E-state index in [-0.39, 0.29) is 28.9 Å². The van der Waals surface area contributed by atoms with Gasteiger partial charge in [0.2, 0.25) is 10.0 Å². The van der Waals surface area contributed by atoms with Crippen LogP contribution in [0.5, 0.6) is 0 Å². The first kappa shape index (κ1) is 20.1. The zero-order chi connectivity index (χ0) is 18.8. The van der Waals surface area contributed by atoms with Gasteiger partial charge in [-0.05, 0) is 37.8 Å². The minimum Gasteiger partial charge on any atom is -0.295 e. The molecule has 0 aromatic heterocycles. The molecule has 0 saturated carbocycles. The first-order valence-corrected chi connectivity index (χ1v) is 11.5. The molecule has 25 heavy (non-hydrogen) atoms. The fourth-order valence-corrected chi connectivity index (χ4v) is 6.78. The minimum atomic E-state index is -3.77. The van der Waals surface area contributed by atoms with Crippen LogP contribution in [0.2, 0.25) is 0 Å². The number of rotatable bonds is 6. The van der Waals surface area contributed by atoms with E-state index >= 15 is 0 Å². The maximum Gasteiger partial charge on any atom is 0.243 e. The monoisotopic (exact) mass is 387 g/mol. The molecule has 0 spiro atoms. The van der Waals surface area contributed by atoms with Gasteiger partial charge in [-0.3, -0.25) is 4.79 Å². The average Bonchev–Trinajstić information content (AvgIpc) is 2.54. The molecule has 1 aliphatic rings. The number of sulfonamides is 1. The van der Waals surface area contributed by atoms with Gasteiger partial charge in [0.25, 0.3) is 0 Å². The number of nitrogens with zero attached hydrogens (tertiary/aromatic N) is 1. The van der Waals surface area contributed by atoms with Gasteiger partial charge in [0.1, 0.15) is 0 Å². The summed E-state index contributed by atoms with van der Waals surface area (Å²) in [5.41, 5.74) is 0.440. The molecule has 0 radical (unpaired) electrons. The van der Waals surface area contributed by atoms with Gasteiger partial charge in [0.05, 0.1) is 15.9 Å². The van der Waals surface area contributed by atoms with Crippen molar-refractivity contribution in [3.63, 3.8) is 0 Å². The average molecular weight is 388 g/mol. The van der Waals surface area contributed by atoms with E-state index in [1.807, 2.05) is 13.8 Å². The minimum absolute atomic E-state index is 0.00809. The van der Waals surface area contributed by atoms with Crippen molar-refractivity contribution in [3.05, 3.63) is 29.8 Å². The first-order valence-electron chi connectivity index (χ1n) is 8.37. The second kappa shape index (κ2) is 7.55. The molecule has 0 unspecified atom stereocenters. The molecular weight excluding hydrogens is 362 g/mol. The normalized spacial score (nSPS) is 19.9. The Morgan fingerprint density at radius 1 is 1.16 bits per heavy atom. The number of benzene rings is 1. The Bertz CT molecular complexity index is 826. The summed E-state index contributed by atoms with van der Waals surface area (Å²) in [6.45, 7) is 5.39. The van der Waals surface area contributed by atoms with Crippen molar-refractivity contribution in [1.82, 2.24) is 4.31 Å². The molecular formula is C17H25NO5S2. The topological polar surface area (TPSA) is 88.6 Å². The standard InChI is InChI=1S/C17H25NO5S2/c1-13(2)12-24(20,21)17-5-4-10-18(11-17)25(22,23)16-8-6-15(7-9-16)14(3)19/h6-9,13,17H,4-5,10-12H2,1-3H3/t17-/m0/s1. The fourth-order valence-electron chi connectivity index (χ4n) is 3.03. The number of piperidine rings is 1. The summed E-state index contributed by atoms with van der Waals surface area (Å²) in [6, 6.07) is 5.76. The Morgan fingerprint density at radius 2 is 1.76 bits per heavy atom. The highest BCUT2D eigenvalue weighted by atomic mass is 32.2. The van der Waals surface area contributed by atoms with Crippen molar-refractivity contribution in [2.45, 2.75) is 43.8 Å². The number of hydrogen-bond acceptors (Lipinski definition) is 5. The predicted molar refractivity (Wildman–Crippen MR) is 96.9 cm³/mol. The van der Waals surface area contributed by atoms with Crippen LogP contribution < -0.4 is 0 Å². The molecule has 1 saturated heterocycles. The summed E-state index contributed by atoms with van der Waals surface area (Å²) in [6.07, 6.45) is 1.01. The third-order valence-electron chi connectivity index (χ3n) is 4.31. The van der Waals surface area contributed by atoms with Crippen LogP contribution in [-0.2, 0) is 19.9 Å². The van der Waals surface area contributed by atoms with Crippen LogP contribution in [-0.4, -0.2) is 51.0 Å². The summed E-state index contributed by atoms with van der Waals surface area (Å²) in [5.74, 6) is -0.0587. The lowest BCUT2D eigenvalue weighted by molar-refractivity contribution is 0.101. The molecule has 2 rings (SSSR count). The Balaban J connectivity index is 2.23. The molecule has 0 N–H and O–H groups in total. The van der Waals surface area contributed by atoms with Crippen molar-refractivity contribution in [2.75, 3.05) is 18.8 Å². The van der Waals surface area contributed by atoms with Crippen LogP contribution in [0, 0.1) is 5.92 Å². The van der Waals surface area contributed by atoms with E-state index in [2.05, 4.69) is 0 Å². The molecule has 0 amide bonds. The van der Waals surface area contributed by atoms with E-state index in [4.69, 9.17) is 0 Å². The highest BCUT2D eigenvalue weighted by Crippen LogP contribution is 2.25. The van der Waals surface area contributed by atoms with Crippen molar-refractivity contribution < 1.29 is 21.6 Å². The molecule has 0 bridgehead atoms. The van der Waals surface area contributed by atoms with Crippen molar-refractivity contribution in [2.24, 2.45) is 5.92 Å². The lowest BCUT2D eigenvalue weighted by Crippen LogP contribution is -2.46. The first-order chi connectivity index (χ1) is 11.5. The molecule has 8 heteroatoms. The predicted octanol–water partition coefficient (Wildman–Crippen LogP) is 2.11. The van der Waals surface area contributed by atoms with Crippen molar-refractivity contribution in [1.29, 1.82) is 0 Å². The molecule has 1 heterocycles. The smallest absolute Gasteiger partial charge is 0.243 e. The largest absolute Gasteiger partial charge is 0.295 e. The number of carbonyl (C=O) groups is 1. The SMILES string of the molecule is CC(=O)c1ccc(S(=O)(=O)N2CCC[C@H](S(=O)(=O)CC(C)C)C2)cc1. The summed E-state index contributed by atoms with van der Waals surface area (Å²) < 4.78 is 51.8. The molecule has 1 aromatic carbocycles. The summed E-state index contributed by atoms with van der Waals surface area (Å²) in [5, 5.41) is -0.657. The van der Waals surface area contributed by atoms with E-state index in [0.717, 1.165) is 0 Å². The van der Waals surface area contributed by atoms with Gasteiger partial charge in [-0.1, -0.05) is 26.0 Å². The van der Waals surface area contributed by atoms with Gasteiger partial charge < -0.3 is 0 Å². The Labute approximate surface area is 150 Å². The second-order valence-electron chi connectivity index (χ2n) is 6.93. The zero-order valence-corrected chi connectivity index (χ0v) is 16.4. The van der Waals surface area contributed by atoms with E-state index < -0.39 is 25.1 Å². The molecule has 1 aromatic rings. The van der Waals surface area contributed by atoms with E-state index in [1.54, 1.807) is 0 Å². The van der Waals surface area contributed by atoms with Crippen LogP contribution >= 0.6 is 0 Å². The maximum atomic E-state index is 12.8. The molecule has 0 aliphatic carbocycles.